The number of hydrogen-bond acceptors (Lipinski definition) is 4. The number of rotatable bonds is 4. The van der Waals surface area contributed by atoms with Crippen molar-refractivity contribution in [3.05, 3.63) is 18.2 Å². The molecule has 0 aromatic heterocycles. The van der Waals surface area contributed by atoms with Crippen molar-refractivity contribution in [1.29, 1.82) is 0 Å². The van der Waals surface area contributed by atoms with E-state index in [0.29, 0.717) is 17.2 Å². The summed E-state index contributed by atoms with van der Waals surface area (Å²) in [5.41, 5.74) is 0. The fraction of sp³-hybridized carbons (Fsp3) is 0.538. The van der Waals surface area contributed by atoms with Crippen molar-refractivity contribution in [3.8, 4) is 17.2 Å². The van der Waals surface area contributed by atoms with E-state index < -0.39 is 0 Å². The molecule has 4 nitrogen and oxygen atoms in total. The van der Waals surface area contributed by atoms with Crippen molar-refractivity contribution in [2.75, 3.05) is 14.2 Å². The van der Waals surface area contributed by atoms with Gasteiger partial charge in [0, 0.05) is 18.2 Å². The number of aliphatic hydroxyl groups is 1. The topological polar surface area (TPSA) is 47.9 Å². The number of hydrogen-bond donors (Lipinski definition) is 1. The number of aliphatic hydroxyl groups excluding tert-OH is 1. The largest absolute Gasteiger partial charge is 0.496 e. The molecule has 1 fully saturated rings. The first-order valence-electron chi connectivity index (χ1n) is 5.80. The quantitative estimate of drug-likeness (QED) is 0.871. The van der Waals surface area contributed by atoms with Gasteiger partial charge in [-0.25, -0.2) is 0 Å². The minimum Gasteiger partial charge on any atom is -0.496 e. The van der Waals surface area contributed by atoms with E-state index in [-0.39, 0.29) is 12.2 Å². The van der Waals surface area contributed by atoms with Gasteiger partial charge in [0.1, 0.15) is 23.4 Å². The van der Waals surface area contributed by atoms with Crippen molar-refractivity contribution in [2.45, 2.75) is 31.5 Å². The summed E-state index contributed by atoms with van der Waals surface area (Å²) in [5, 5.41) is 9.72. The van der Waals surface area contributed by atoms with Crippen molar-refractivity contribution in [3.63, 3.8) is 0 Å². The van der Waals surface area contributed by atoms with Gasteiger partial charge in [0.05, 0.1) is 20.3 Å². The Labute approximate surface area is 101 Å². The van der Waals surface area contributed by atoms with Crippen LogP contribution >= 0.6 is 0 Å². The molecule has 0 spiro atoms. The van der Waals surface area contributed by atoms with E-state index in [1.807, 2.05) is 0 Å². The molecule has 0 heterocycles. The fourth-order valence-electron chi connectivity index (χ4n) is 2.07. The maximum Gasteiger partial charge on any atom is 0.127 e. The van der Waals surface area contributed by atoms with Crippen LogP contribution in [0.25, 0.3) is 0 Å². The summed E-state index contributed by atoms with van der Waals surface area (Å²) in [5.74, 6) is 2.05. The predicted octanol–water partition coefficient (Wildman–Crippen LogP) is 2.00. The van der Waals surface area contributed by atoms with Crippen molar-refractivity contribution < 1.29 is 19.3 Å². The lowest BCUT2D eigenvalue weighted by Crippen LogP contribution is -2.25. The van der Waals surface area contributed by atoms with Crippen LogP contribution in [0.3, 0.4) is 0 Å². The first-order chi connectivity index (χ1) is 8.22. The van der Waals surface area contributed by atoms with Gasteiger partial charge in [-0.2, -0.15) is 0 Å². The third-order valence-electron chi connectivity index (χ3n) is 3.03. The van der Waals surface area contributed by atoms with Gasteiger partial charge in [-0.15, -0.1) is 0 Å². The van der Waals surface area contributed by atoms with E-state index in [4.69, 9.17) is 14.2 Å². The second-order valence-corrected chi connectivity index (χ2v) is 4.20. The smallest absolute Gasteiger partial charge is 0.127 e. The van der Waals surface area contributed by atoms with Gasteiger partial charge in [0.2, 0.25) is 0 Å². The van der Waals surface area contributed by atoms with E-state index >= 15 is 0 Å². The highest BCUT2D eigenvalue weighted by Crippen LogP contribution is 2.31. The summed E-state index contributed by atoms with van der Waals surface area (Å²) in [6.07, 6.45) is 2.22. The summed E-state index contributed by atoms with van der Waals surface area (Å²) in [6.45, 7) is 0. The van der Waals surface area contributed by atoms with Gasteiger partial charge in [-0.3, -0.25) is 0 Å². The lowest BCUT2D eigenvalue weighted by Gasteiger charge is -2.18. The van der Waals surface area contributed by atoms with Crippen molar-refractivity contribution in [1.82, 2.24) is 0 Å². The Morgan fingerprint density at radius 1 is 1.00 bits per heavy atom. The first kappa shape index (κ1) is 12.0. The fourth-order valence-corrected chi connectivity index (χ4v) is 2.07. The third-order valence-corrected chi connectivity index (χ3v) is 3.03. The molecule has 1 N–H and O–H groups in total. The van der Waals surface area contributed by atoms with E-state index in [1.165, 1.54) is 0 Å². The Kier molecular flexibility index (Phi) is 3.74. The average molecular weight is 238 g/mol. The Hall–Kier alpha value is -1.42. The Morgan fingerprint density at radius 2 is 1.59 bits per heavy atom. The molecule has 17 heavy (non-hydrogen) atoms. The molecule has 0 aliphatic heterocycles. The van der Waals surface area contributed by atoms with E-state index in [1.54, 1.807) is 32.4 Å². The third kappa shape index (κ3) is 2.82. The lowest BCUT2D eigenvalue weighted by molar-refractivity contribution is 0.0601. The van der Waals surface area contributed by atoms with E-state index in [2.05, 4.69) is 0 Å². The van der Waals surface area contributed by atoms with Gasteiger partial charge in [-0.05, 0) is 19.3 Å². The maximum atomic E-state index is 9.72. The molecule has 0 saturated heterocycles. The standard InChI is InChI=1S/C13H18O4/c1-15-9-6-10(16-2)8-11(7-9)17-13-5-3-4-12(13)14/h6-8,12-14H,3-5H2,1-2H3. The first-order valence-corrected chi connectivity index (χ1v) is 5.80. The van der Waals surface area contributed by atoms with Crippen LogP contribution in [0.5, 0.6) is 17.2 Å². The number of ether oxygens (including phenoxy) is 3. The molecular weight excluding hydrogens is 220 g/mol. The van der Waals surface area contributed by atoms with Crippen LogP contribution in [-0.2, 0) is 0 Å². The normalized spacial score (nSPS) is 23.5. The van der Waals surface area contributed by atoms with Gasteiger partial charge in [-0.1, -0.05) is 0 Å². The van der Waals surface area contributed by atoms with Crippen LogP contribution in [0, 0.1) is 0 Å². The maximum absolute atomic E-state index is 9.72. The molecule has 1 aliphatic carbocycles. The summed E-state index contributed by atoms with van der Waals surface area (Å²) in [7, 11) is 3.20. The molecule has 1 aromatic rings. The zero-order valence-electron chi connectivity index (χ0n) is 10.2. The zero-order valence-corrected chi connectivity index (χ0v) is 10.2. The minimum atomic E-state index is -0.368. The minimum absolute atomic E-state index is 0.119. The molecule has 1 aliphatic rings. The molecule has 2 rings (SSSR count). The summed E-state index contributed by atoms with van der Waals surface area (Å²) in [6, 6.07) is 5.39. The molecule has 0 bridgehead atoms. The van der Waals surface area contributed by atoms with E-state index in [0.717, 1.165) is 19.3 Å². The van der Waals surface area contributed by atoms with Crippen LogP contribution in [-0.4, -0.2) is 31.5 Å². The zero-order chi connectivity index (χ0) is 12.3. The molecule has 1 saturated carbocycles. The highest BCUT2D eigenvalue weighted by atomic mass is 16.5. The van der Waals surface area contributed by atoms with Gasteiger partial charge in [0.25, 0.3) is 0 Å². The molecule has 2 atom stereocenters. The summed E-state index contributed by atoms with van der Waals surface area (Å²) in [4.78, 5) is 0. The number of methoxy groups -OCH3 is 2. The second-order valence-electron chi connectivity index (χ2n) is 4.20. The lowest BCUT2D eigenvalue weighted by atomic mass is 10.2. The SMILES string of the molecule is COc1cc(OC)cc(OC2CCCC2O)c1. The van der Waals surface area contributed by atoms with E-state index in [9.17, 15) is 5.11 Å². The van der Waals surface area contributed by atoms with Crippen LogP contribution in [0.2, 0.25) is 0 Å². The summed E-state index contributed by atoms with van der Waals surface area (Å²) >= 11 is 0. The highest BCUT2D eigenvalue weighted by Gasteiger charge is 2.27. The highest BCUT2D eigenvalue weighted by molar-refractivity contribution is 5.42. The molecule has 94 valence electrons. The Morgan fingerprint density at radius 3 is 2.06 bits per heavy atom. The van der Waals surface area contributed by atoms with Gasteiger partial charge in [0.15, 0.2) is 0 Å². The van der Waals surface area contributed by atoms with Gasteiger partial charge >= 0.3 is 0 Å². The molecule has 0 radical (unpaired) electrons. The Balaban J connectivity index is 2.14. The number of benzene rings is 1. The van der Waals surface area contributed by atoms with Crippen LogP contribution in [0.1, 0.15) is 19.3 Å². The molecule has 1 aromatic carbocycles. The summed E-state index contributed by atoms with van der Waals surface area (Å²) < 4.78 is 16.1. The van der Waals surface area contributed by atoms with Crippen molar-refractivity contribution in [2.24, 2.45) is 0 Å². The van der Waals surface area contributed by atoms with Crippen molar-refractivity contribution >= 4 is 0 Å². The predicted molar refractivity (Wildman–Crippen MR) is 63.8 cm³/mol. The van der Waals surface area contributed by atoms with Crippen LogP contribution in [0.4, 0.5) is 0 Å². The monoisotopic (exact) mass is 238 g/mol. The molecule has 2 unspecified atom stereocenters. The Bertz CT molecular complexity index is 355. The molecule has 0 amide bonds. The van der Waals surface area contributed by atoms with Crippen LogP contribution in [0.15, 0.2) is 18.2 Å². The van der Waals surface area contributed by atoms with Gasteiger partial charge < -0.3 is 19.3 Å². The molecular formula is C13H18O4. The second kappa shape index (κ2) is 5.27. The molecule has 4 heteroatoms. The average Bonchev–Trinajstić information content (AvgIpc) is 2.74. The van der Waals surface area contributed by atoms with Crippen LogP contribution < -0.4 is 14.2 Å².